The number of allylic oxidation sites excluding steroid dienone is 2. The van der Waals surface area contributed by atoms with Gasteiger partial charge in [-0.1, -0.05) is 6.08 Å². The fourth-order valence-corrected chi connectivity index (χ4v) is 2.47. The van der Waals surface area contributed by atoms with Crippen molar-refractivity contribution in [3.8, 4) is 0 Å². The lowest BCUT2D eigenvalue weighted by Crippen LogP contribution is -2.41. The molecule has 1 atom stereocenters. The van der Waals surface area contributed by atoms with Crippen molar-refractivity contribution in [1.82, 2.24) is 0 Å². The Morgan fingerprint density at radius 2 is 1.68 bits per heavy atom. The fourth-order valence-electron chi connectivity index (χ4n) is 2.47. The van der Waals surface area contributed by atoms with E-state index in [0.29, 0.717) is 6.79 Å². The second-order valence-corrected chi connectivity index (χ2v) is 6.64. The molecule has 2 fully saturated rings. The summed E-state index contributed by atoms with van der Waals surface area (Å²) in [7, 11) is -0.328. The third kappa shape index (κ3) is 1.95. The molecule has 2 aliphatic heterocycles. The van der Waals surface area contributed by atoms with Gasteiger partial charge in [-0.05, 0) is 46.2 Å². The van der Waals surface area contributed by atoms with Gasteiger partial charge in [0.2, 0.25) is 0 Å². The predicted octanol–water partition coefficient (Wildman–Crippen LogP) is 2.59. The Hall–Kier alpha value is -0.775. The van der Waals surface area contributed by atoms with E-state index in [0.717, 1.165) is 17.7 Å². The highest BCUT2D eigenvalue weighted by Gasteiger charge is 2.53. The Morgan fingerprint density at radius 1 is 1.05 bits per heavy atom. The zero-order valence-electron chi connectivity index (χ0n) is 12.3. The van der Waals surface area contributed by atoms with Crippen LogP contribution in [0.5, 0.6) is 0 Å². The van der Waals surface area contributed by atoms with Crippen LogP contribution in [0.1, 0.15) is 41.0 Å². The molecular weight excluding hydrogens is 243 g/mol. The van der Waals surface area contributed by atoms with Gasteiger partial charge in [-0.25, -0.2) is 0 Å². The predicted molar refractivity (Wildman–Crippen MR) is 72.3 cm³/mol. The monoisotopic (exact) mass is 264 g/mol. The molecule has 0 N–H and O–H groups in total. The van der Waals surface area contributed by atoms with Crippen molar-refractivity contribution in [3.05, 3.63) is 23.4 Å². The zero-order chi connectivity index (χ0) is 13.9. The molecule has 5 heteroatoms. The topological polar surface area (TPSA) is 36.9 Å². The maximum absolute atomic E-state index is 6.05. The van der Waals surface area contributed by atoms with Gasteiger partial charge >= 0.3 is 7.12 Å². The van der Waals surface area contributed by atoms with Gasteiger partial charge in [0.1, 0.15) is 11.4 Å². The SMILES string of the molecule is CC12CC=C(B3OC(C)(C)C(C)(C)O3)C=C1OCO2. The van der Waals surface area contributed by atoms with Gasteiger partial charge in [-0.2, -0.15) is 0 Å². The minimum Gasteiger partial charge on any atom is -0.469 e. The van der Waals surface area contributed by atoms with E-state index < -0.39 is 0 Å². The molecular formula is C14H21BO4. The van der Waals surface area contributed by atoms with Gasteiger partial charge in [-0.3, -0.25) is 0 Å². The van der Waals surface area contributed by atoms with Crippen LogP contribution in [0.3, 0.4) is 0 Å². The van der Waals surface area contributed by atoms with E-state index in [1.807, 2.05) is 13.0 Å². The largest absolute Gasteiger partial charge is 0.494 e. The normalized spacial score (nSPS) is 35.5. The molecule has 0 aromatic carbocycles. The van der Waals surface area contributed by atoms with E-state index in [9.17, 15) is 0 Å². The minimum atomic E-state index is -0.328. The second kappa shape index (κ2) is 3.87. The first-order chi connectivity index (χ1) is 8.74. The molecule has 2 heterocycles. The summed E-state index contributed by atoms with van der Waals surface area (Å²) in [4.78, 5) is 0. The second-order valence-electron chi connectivity index (χ2n) is 6.64. The molecule has 0 radical (unpaired) electrons. The Morgan fingerprint density at radius 3 is 2.32 bits per heavy atom. The van der Waals surface area contributed by atoms with Crippen molar-refractivity contribution >= 4 is 7.12 Å². The lowest BCUT2D eigenvalue weighted by Gasteiger charge is -2.32. The molecule has 3 rings (SSSR count). The first kappa shape index (κ1) is 13.2. The maximum Gasteiger partial charge on any atom is 0.494 e. The maximum atomic E-state index is 6.05. The molecule has 0 spiro atoms. The summed E-state index contributed by atoms with van der Waals surface area (Å²) in [5, 5.41) is 0. The molecule has 3 aliphatic rings. The van der Waals surface area contributed by atoms with Gasteiger partial charge in [0.15, 0.2) is 6.79 Å². The first-order valence-corrected chi connectivity index (χ1v) is 6.78. The Labute approximate surface area is 114 Å². The molecule has 19 heavy (non-hydrogen) atoms. The van der Waals surface area contributed by atoms with Gasteiger partial charge in [-0.15, -0.1) is 0 Å². The summed E-state index contributed by atoms with van der Waals surface area (Å²) >= 11 is 0. The van der Waals surface area contributed by atoms with Crippen molar-refractivity contribution in [2.75, 3.05) is 6.79 Å². The van der Waals surface area contributed by atoms with E-state index in [2.05, 4.69) is 33.8 Å². The molecule has 0 saturated carbocycles. The van der Waals surface area contributed by atoms with Crippen LogP contribution in [0, 0.1) is 0 Å². The van der Waals surface area contributed by atoms with E-state index in [1.165, 1.54) is 0 Å². The van der Waals surface area contributed by atoms with Crippen LogP contribution in [0.2, 0.25) is 0 Å². The van der Waals surface area contributed by atoms with Crippen LogP contribution >= 0.6 is 0 Å². The molecule has 0 amide bonds. The number of hydrogen-bond donors (Lipinski definition) is 0. The quantitative estimate of drug-likeness (QED) is 0.682. The Kier molecular flexibility index (Phi) is 2.69. The van der Waals surface area contributed by atoms with Gasteiger partial charge in [0.25, 0.3) is 0 Å². The van der Waals surface area contributed by atoms with Gasteiger partial charge in [0.05, 0.1) is 11.2 Å². The van der Waals surface area contributed by atoms with Crippen LogP contribution < -0.4 is 0 Å². The number of hydrogen-bond acceptors (Lipinski definition) is 4. The molecule has 0 bridgehead atoms. The number of fused-ring (bicyclic) bond motifs is 1. The average Bonchev–Trinajstić information content (AvgIpc) is 2.76. The van der Waals surface area contributed by atoms with Crippen LogP contribution in [0.25, 0.3) is 0 Å². The van der Waals surface area contributed by atoms with Crippen molar-refractivity contribution in [2.24, 2.45) is 0 Å². The van der Waals surface area contributed by atoms with Crippen LogP contribution in [-0.4, -0.2) is 30.7 Å². The van der Waals surface area contributed by atoms with Crippen LogP contribution in [-0.2, 0) is 18.8 Å². The Balaban J connectivity index is 1.83. The summed E-state index contributed by atoms with van der Waals surface area (Å²) in [6, 6.07) is 0. The highest BCUT2D eigenvalue weighted by Crippen LogP contribution is 2.42. The third-order valence-corrected chi connectivity index (χ3v) is 4.66. The van der Waals surface area contributed by atoms with Crippen molar-refractivity contribution in [1.29, 1.82) is 0 Å². The first-order valence-electron chi connectivity index (χ1n) is 6.78. The number of ether oxygens (including phenoxy) is 2. The van der Waals surface area contributed by atoms with E-state index >= 15 is 0 Å². The van der Waals surface area contributed by atoms with Crippen molar-refractivity contribution in [2.45, 2.75) is 57.8 Å². The molecule has 104 valence electrons. The highest BCUT2D eigenvalue weighted by atomic mass is 16.7. The van der Waals surface area contributed by atoms with Gasteiger partial charge < -0.3 is 18.8 Å². The van der Waals surface area contributed by atoms with Crippen LogP contribution in [0.4, 0.5) is 0 Å². The summed E-state index contributed by atoms with van der Waals surface area (Å²) in [5.74, 6) is 0.875. The summed E-state index contributed by atoms with van der Waals surface area (Å²) in [6.45, 7) is 10.6. The van der Waals surface area contributed by atoms with Crippen molar-refractivity contribution in [3.63, 3.8) is 0 Å². The standard InChI is InChI=1S/C14H21BO4/c1-12(2)13(3,4)19-15(18-12)10-6-7-14(5)11(8-10)16-9-17-14/h6,8H,7,9H2,1-5H3. The molecule has 0 aromatic rings. The molecule has 1 aliphatic carbocycles. The summed E-state index contributed by atoms with van der Waals surface area (Å²) < 4.78 is 23.3. The van der Waals surface area contributed by atoms with E-state index in [1.54, 1.807) is 0 Å². The van der Waals surface area contributed by atoms with Crippen LogP contribution in [0.15, 0.2) is 23.4 Å². The molecule has 1 unspecified atom stereocenters. The third-order valence-electron chi connectivity index (χ3n) is 4.66. The van der Waals surface area contributed by atoms with Crippen molar-refractivity contribution < 1.29 is 18.8 Å². The molecule has 0 aromatic heterocycles. The lowest BCUT2D eigenvalue weighted by atomic mass is 9.73. The number of rotatable bonds is 1. The average molecular weight is 264 g/mol. The fraction of sp³-hybridized carbons (Fsp3) is 0.714. The Bertz CT molecular complexity index is 450. The lowest BCUT2D eigenvalue weighted by molar-refractivity contribution is 0.00395. The van der Waals surface area contributed by atoms with E-state index in [4.69, 9.17) is 18.8 Å². The summed E-state index contributed by atoms with van der Waals surface area (Å²) in [6.07, 6.45) is 4.91. The molecule has 4 nitrogen and oxygen atoms in total. The molecule has 2 saturated heterocycles. The summed E-state index contributed by atoms with van der Waals surface area (Å²) in [5.41, 5.74) is 0.0829. The minimum absolute atomic E-state index is 0.312. The highest BCUT2D eigenvalue weighted by molar-refractivity contribution is 6.55. The smallest absolute Gasteiger partial charge is 0.469 e. The van der Waals surface area contributed by atoms with E-state index in [-0.39, 0.29) is 23.9 Å². The van der Waals surface area contributed by atoms with Gasteiger partial charge in [0, 0.05) is 6.42 Å². The zero-order valence-corrected chi connectivity index (χ0v) is 12.3.